The zero-order valence-electron chi connectivity index (χ0n) is 15.5. The van der Waals surface area contributed by atoms with Crippen LogP contribution in [-0.4, -0.2) is 21.0 Å². The molecular weight excluding hydrogens is 358 g/mol. The van der Waals surface area contributed by atoms with E-state index in [0.29, 0.717) is 28.2 Å². The Hall–Kier alpha value is -2.34. The summed E-state index contributed by atoms with van der Waals surface area (Å²) < 4.78 is 0. The van der Waals surface area contributed by atoms with Crippen molar-refractivity contribution in [2.24, 2.45) is 5.92 Å². The van der Waals surface area contributed by atoms with Crippen molar-refractivity contribution in [2.75, 3.05) is 5.32 Å². The SMILES string of the molecule is CC[C@H](C)Sc1nc2c(c(=O)[nH]1)[C@H](c1ccccc1)[C@H]1C(=O)CCC=C1N2. The molecule has 140 valence electrons. The number of hydrogen-bond donors (Lipinski definition) is 2. The lowest BCUT2D eigenvalue weighted by Gasteiger charge is -2.36. The van der Waals surface area contributed by atoms with Gasteiger partial charge < -0.3 is 10.3 Å². The average molecular weight is 382 g/mol. The molecule has 3 atom stereocenters. The van der Waals surface area contributed by atoms with Gasteiger partial charge in [-0.2, -0.15) is 0 Å². The molecule has 2 aliphatic rings. The molecule has 2 N–H and O–H groups in total. The summed E-state index contributed by atoms with van der Waals surface area (Å²) in [6, 6.07) is 9.81. The molecule has 2 heterocycles. The molecule has 0 bridgehead atoms. The maximum absolute atomic E-state index is 13.0. The van der Waals surface area contributed by atoms with Crippen LogP contribution in [0.1, 0.15) is 50.2 Å². The quantitative estimate of drug-likeness (QED) is 0.616. The van der Waals surface area contributed by atoms with Gasteiger partial charge in [0.1, 0.15) is 11.6 Å². The van der Waals surface area contributed by atoms with Gasteiger partial charge in [-0.1, -0.05) is 62.0 Å². The van der Waals surface area contributed by atoms with Crippen LogP contribution in [0.3, 0.4) is 0 Å². The number of carbonyl (C=O) groups is 1. The monoisotopic (exact) mass is 381 g/mol. The third kappa shape index (κ3) is 3.34. The summed E-state index contributed by atoms with van der Waals surface area (Å²) in [4.78, 5) is 33.4. The van der Waals surface area contributed by atoms with Crippen LogP contribution in [0.5, 0.6) is 0 Å². The summed E-state index contributed by atoms with van der Waals surface area (Å²) in [6.45, 7) is 4.23. The van der Waals surface area contributed by atoms with Crippen LogP contribution in [-0.2, 0) is 4.79 Å². The van der Waals surface area contributed by atoms with Gasteiger partial charge in [0.2, 0.25) is 0 Å². The first-order valence-corrected chi connectivity index (χ1v) is 10.3. The van der Waals surface area contributed by atoms with Gasteiger partial charge in [-0.05, 0) is 18.4 Å². The number of ketones is 1. The zero-order chi connectivity index (χ0) is 19.0. The van der Waals surface area contributed by atoms with Crippen LogP contribution >= 0.6 is 11.8 Å². The number of carbonyl (C=O) groups excluding carboxylic acids is 1. The van der Waals surface area contributed by atoms with Gasteiger partial charge in [-0.3, -0.25) is 9.59 Å². The van der Waals surface area contributed by atoms with Gasteiger partial charge in [0.15, 0.2) is 5.16 Å². The average Bonchev–Trinajstić information content (AvgIpc) is 2.67. The minimum atomic E-state index is -0.343. The smallest absolute Gasteiger partial charge is 0.257 e. The van der Waals surface area contributed by atoms with E-state index in [4.69, 9.17) is 4.98 Å². The van der Waals surface area contributed by atoms with E-state index in [-0.39, 0.29) is 23.2 Å². The van der Waals surface area contributed by atoms with Crippen molar-refractivity contribution in [3.05, 3.63) is 63.6 Å². The van der Waals surface area contributed by atoms with Crippen LogP contribution in [0.15, 0.2) is 52.1 Å². The normalized spacial score (nSPS) is 22.3. The minimum absolute atomic E-state index is 0.162. The van der Waals surface area contributed by atoms with Crippen molar-refractivity contribution in [3.63, 3.8) is 0 Å². The molecule has 1 aliphatic carbocycles. The van der Waals surface area contributed by atoms with Gasteiger partial charge in [0.05, 0.1) is 11.5 Å². The van der Waals surface area contributed by atoms with E-state index < -0.39 is 0 Å². The lowest BCUT2D eigenvalue weighted by Crippen LogP contribution is -2.38. The second-order valence-corrected chi connectivity index (χ2v) is 8.55. The fourth-order valence-electron chi connectivity index (χ4n) is 3.82. The number of H-pyrrole nitrogens is 1. The zero-order valence-corrected chi connectivity index (χ0v) is 16.3. The number of thioether (sulfide) groups is 1. The van der Waals surface area contributed by atoms with Crippen molar-refractivity contribution in [3.8, 4) is 0 Å². The Labute approximate surface area is 162 Å². The Morgan fingerprint density at radius 1 is 1.22 bits per heavy atom. The molecule has 0 unspecified atom stereocenters. The molecule has 0 radical (unpaired) electrons. The summed E-state index contributed by atoms with van der Waals surface area (Å²) in [5.41, 5.74) is 2.25. The number of benzene rings is 1. The van der Waals surface area contributed by atoms with E-state index >= 15 is 0 Å². The third-order valence-electron chi connectivity index (χ3n) is 5.32. The maximum Gasteiger partial charge on any atom is 0.257 e. The molecule has 0 fully saturated rings. The minimum Gasteiger partial charge on any atom is -0.343 e. The molecule has 0 saturated heterocycles. The molecule has 1 aromatic carbocycles. The Balaban J connectivity index is 1.88. The fraction of sp³-hybridized carbons (Fsp3) is 0.381. The standard InChI is InChI=1S/C21H23N3O2S/c1-3-12(2)27-21-23-19-18(20(26)24-21)16(13-8-5-4-6-9-13)17-14(22-19)10-7-11-15(17)25/h4-6,8-10,12,16-17H,3,7,11H2,1-2H3,(H2,22,23,24,26)/t12-,16+,17+/m0/s1. The molecule has 0 amide bonds. The highest BCUT2D eigenvalue weighted by molar-refractivity contribution is 7.99. The second-order valence-electron chi connectivity index (χ2n) is 7.13. The van der Waals surface area contributed by atoms with Crippen LogP contribution < -0.4 is 10.9 Å². The van der Waals surface area contributed by atoms with Gasteiger partial charge in [-0.15, -0.1) is 0 Å². The summed E-state index contributed by atoms with van der Waals surface area (Å²) in [7, 11) is 0. The summed E-state index contributed by atoms with van der Waals surface area (Å²) in [6.07, 6.45) is 4.32. The van der Waals surface area contributed by atoms with Crippen molar-refractivity contribution in [1.82, 2.24) is 9.97 Å². The van der Waals surface area contributed by atoms with Gasteiger partial charge in [0, 0.05) is 23.3 Å². The fourth-order valence-corrected chi connectivity index (χ4v) is 4.66. The second kappa shape index (κ2) is 7.35. The lowest BCUT2D eigenvalue weighted by molar-refractivity contribution is -0.122. The number of hydrogen-bond acceptors (Lipinski definition) is 5. The number of allylic oxidation sites excluding steroid dienone is 2. The number of fused-ring (bicyclic) bond motifs is 2. The Morgan fingerprint density at radius 3 is 2.74 bits per heavy atom. The van der Waals surface area contributed by atoms with Gasteiger partial charge >= 0.3 is 0 Å². The summed E-state index contributed by atoms with van der Waals surface area (Å²) in [5, 5.41) is 4.28. The number of nitrogens with one attached hydrogen (secondary N) is 2. The van der Waals surface area contributed by atoms with E-state index in [1.165, 1.54) is 0 Å². The number of rotatable bonds is 4. The molecule has 4 rings (SSSR count). The molecule has 0 spiro atoms. The summed E-state index contributed by atoms with van der Waals surface area (Å²) in [5.74, 6) is 0.109. The van der Waals surface area contributed by atoms with Crippen molar-refractivity contribution in [1.29, 1.82) is 0 Å². The molecule has 1 aromatic heterocycles. The highest BCUT2D eigenvalue weighted by Gasteiger charge is 2.42. The maximum atomic E-state index is 13.0. The Morgan fingerprint density at radius 2 is 2.00 bits per heavy atom. The van der Waals surface area contributed by atoms with Gasteiger partial charge in [0.25, 0.3) is 5.56 Å². The highest BCUT2D eigenvalue weighted by atomic mass is 32.2. The van der Waals surface area contributed by atoms with E-state index in [2.05, 4.69) is 30.2 Å². The molecule has 0 saturated carbocycles. The predicted molar refractivity (Wildman–Crippen MR) is 108 cm³/mol. The predicted octanol–water partition coefficient (Wildman–Crippen LogP) is 4.08. The molecule has 27 heavy (non-hydrogen) atoms. The van der Waals surface area contributed by atoms with Crippen molar-refractivity contribution in [2.45, 2.75) is 49.4 Å². The molecular formula is C21H23N3O2S. The number of aromatic amines is 1. The van der Waals surface area contributed by atoms with E-state index in [9.17, 15) is 9.59 Å². The Bertz CT molecular complexity index is 952. The highest BCUT2D eigenvalue weighted by Crippen LogP contribution is 2.44. The van der Waals surface area contributed by atoms with Crippen molar-refractivity contribution < 1.29 is 4.79 Å². The largest absolute Gasteiger partial charge is 0.343 e. The van der Waals surface area contributed by atoms with Crippen LogP contribution in [0, 0.1) is 5.92 Å². The summed E-state index contributed by atoms with van der Waals surface area (Å²) >= 11 is 1.56. The first kappa shape index (κ1) is 18.0. The topological polar surface area (TPSA) is 74.8 Å². The number of anilines is 1. The number of Topliss-reactive ketones (excluding diaryl/α,β-unsaturated/α-hetero) is 1. The first-order valence-electron chi connectivity index (χ1n) is 9.44. The molecule has 1 aliphatic heterocycles. The molecule has 5 nitrogen and oxygen atoms in total. The number of nitrogens with zero attached hydrogens (tertiary/aromatic N) is 1. The number of aromatic nitrogens is 2. The first-order chi connectivity index (χ1) is 13.1. The van der Waals surface area contributed by atoms with Crippen LogP contribution in [0.4, 0.5) is 5.82 Å². The van der Waals surface area contributed by atoms with E-state index in [1.54, 1.807) is 11.8 Å². The van der Waals surface area contributed by atoms with Gasteiger partial charge in [-0.25, -0.2) is 4.98 Å². The van der Waals surface area contributed by atoms with E-state index in [0.717, 1.165) is 24.1 Å². The lowest BCUT2D eigenvalue weighted by atomic mass is 9.72. The third-order valence-corrected chi connectivity index (χ3v) is 6.48. The van der Waals surface area contributed by atoms with Crippen LogP contribution in [0.2, 0.25) is 0 Å². The van der Waals surface area contributed by atoms with E-state index in [1.807, 2.05) is 30.3 Å². The molecule has 6 heteroatoms. The van der Waals surface area contributed by atoms with Crippen LogP contribution in [0.25, 0.3) is 0 Å². The van der Waals surface area contributed by atoms with Crippen molar-refractivity contribution >= 4 is 23.4 Å². The molecule has 2 aromatic rings. The Kier molecular flexibility index (Phi) is 4.91.